The summed E-state index contributed by atoms with van der Waals surface area (Å²) in [4.78, 5) is 24.4. The smallest absolute Gasteiger partial charge is 0.249 e. The Labute approximate surface area is 104 Å². The number of ether oxygens (including phenoxy) is 1. The molecule has 90 valence electrons. The van der Waals surface area contributed by atoms with Gasteiger partial charge in [0.15, 0.2) is 0 Å². The van der Waals surface area contributed by atoms with Gasteiger partial charge in [-0.3, -0.25) is 9.59 Å². The number of halogens is 1. The van der Waals surface area contributed by atoms with E-state index in [9.17, 15) is 9.59 Å². The monoisotopic (exact) mass is 253 g/mol. The van der Waals surface area contributed by atoms with Crippen molar-refractivity contribution in [3.63, 3.8) is 0 Å². The topological polar surface area (TPSA) is 46.6 Å². The molecular formula is C12H12ClNO3. The van der Waals surface area contributed by atoms with Crippen LogP contribution in [-0.4, -0.2) is 35.3 Å². The zero-order chi connectivity index (χ0) is 12.3. The molecule has 1 aromatic carbocycles. The molecule has 0 aromatic heterocycles. The zero-order valence-corrected chi connectivity index (χ0v) is 9.89. The van der Waals surface area contributed by atoms with E-state index in [0.717, 1.165) is 5.56 Å². The maximum absolute atomic E-state index is 11.7. The summed E-state index contributed by atoms with van der Waals surface area (Å²) in [5.41, 5.74) is 0.964. The Bertz CT molecular complexity index is 421. The van der Waals surface area contributed by atoms with Crippen molar-refractivity contribution in [1.29, 1.82) is 0 Å². The van der Waals surface area contributed by atoms with Crippen molar-refractivity contribution in [3.05, 3.63) is 35.9 Å². The van der Waals surface area contributed by atoms with Crippen LogP contribution in [0, 0.1) is 0 Å². The second-order valence-electron chi connectivity index (χ2n) is 3.84. The van der Waals surface area contributed by atoms with Gasteiger partial charge in [-0.25, -0.2) is 0 Å². The fraction of sp³-hybridized carbons (Fsp3) is 0.333. The number of carbonyl (C=O) groups is 2. The molecule has 1 aromatic rings. The summed E-state index contributed by atoms with van der Waals surface area (Å²) in [6.07, 6.45) is 0. The van der Waals surface area contributed by atoms with E-state index in [1.165, 1.54) is 4.90 Å². The largest absolute Gasteiger partial charge is 0.369 e. The highest BCUT2D eigenvalue weighted by Gasteiger charge is 2.32. The van der Waals surface area contributed by atoms with E-state index in [2.05, 4.69) is 0 Å². The molecule has 0 radical (unpaired) electrons. The minimum Gasteiger partial charge on any atom is -0.369 e. The number of rotatable bonds is 3. The van der Waals surface area contributed by atoms with Crippen molar-refractivity contribution < 1.29 is 14.3 Å². The molecule has 1 saturated heterocycles. The Kier molecular flexibility index (Phi) is 3.76. The molecular weight excluding hydrogens is 242 g/mol. The summed E-state index contributed by atoms with van der Waals surface area (Å²) in [7, 11) is 0. The van der Waals surface area contributed by atoms with Crippen molar-refractivity contribution in [3.8, 4) is 0 Å². The highest BCUT2D eigenvalue weighted by molar-refractivity contribution is 6.64. The summed E-state index contributed by atoms with van der Waals surface area (Å²) in [6.45, 7) is 0.556. The summed E-state index contributed by atoms with van der Waals surface area (Å²) in [5, 5.41) is -0.561. The lowest BCUT2D eigenvalue weighted by atomic mass is 10.1. The molecule has 5 heteroatoms. The molecule has 0 saturated carbocycles. The van der Waals surface area contributed by atoms with Gasteiger partial charge in [-0.05, 0) is 17.2 Å². The van der Waals surface area contributed by atoms with Gasteiger partial charge in [0.25, 0.3) is 0 Å². The number of benzene rings is 1. The Morgan fingerprint density at radius 1 is 1.41 bits per heavy atom. The van der Waals surface area contributed by atoms with Crippen molar-refractivity contribution in [1.82, 2.24) is 4.90 Å². The molecule has 1 heterocycles. The number of nitrogens with zero attached hydrogens (tertiary/aromatic N) is 1. The highest BCUT2D eigenvalue weighted by atomic mass is 35.5. The Balaban J connectivity index is 2.15. The normalized spacial score (nSPS) is 20.4. The van der Waals surface area contributed by atoms with Crippen LogP contribution in [0.1, 0.15) is 5.56 Å². The van der Waals surface area contributed by atoms with E-state index >= 15 is 0 Å². The van der Waals surface area contributed by atoms with Gasteiger partial charge in [0.1, 0.15) is 12.6 Å². The first kappa shape index (κ1) is 12.1. The summed E-state index contributed by atoms with van der Waals surface area (Å²) in [5.74, 6) is -0.209. The maximum atomic E-state index is 11.7. The third kappa shape index (κ3) is 2.84. The Morgan fingerprint density at radius 2 is 2.12 bits per heavy atom. The fourth-order valence-corrected chi connectivity index (χ4v) is 1.95. The van der Waals surface area contributed by atoms with E-state index in [0.29, 0.717) is 6.54 Å². The van der Waals surface area contributed by atoms with E-state index in [4.69, 9.17) is 16.3 Å². The zero-order valence-electron chi connectivity index (χ0n) is 9.14. The average molecular weight is 254 g/mol. The summed E-state index contributed by atoms with van der Waals surface area (Å²) >= 11 is 5.47. The van der Waals surface area contributed by atoms with E-state index in [1.807, 2.05) is 30.3 Å². The first-order valence-corrected chi connectivity index (χ1v) is 5.67. The molecule has 1 fully saturated rings. The number of morpholine rings is 1. The molecule has 1 aliphatic rings. The number of hydrogen-bond donors (Lipinski definition) is 0. The Hall–Kier alpha value is -1.39. The van der Waals surface area contributed by atoms with Crippen molar-refractivity contribution in [2.45, 2.75) is 12.6 Å². The van der Waals surface area contributed by atoms with Crippen LogP contribution in [0.4, 0.5) is 0 Å². The number of amides is 1. The minimum absolute atomic E-state index is 0.00744. The SMILES string of the molecule is O=C(Cl)C1COCC(=O)N1Cc1ccccc1. The number of carbonyl (C=O) groups excluding carboxylic acids is 2. The van der Waals surface area contributed by atoms with E-state index in [1.54, 1.807) is 0 Å². The molecule has 0 spiro atoms. The molecule has 0 bridgehead atoms. The van der Waals surface area contributed by atoms with Gasteiger partial charge in [-0.2, -0.15) is 0 Å². The molecule has 1 aliphatic heterocycles. The van der Waals surface area contributed by atoms with Gasteiger partial charge in [0.2, 0.25) is 11.1 Å². The predicted molar refractivity (Wildman–Crippen MR) is 62.5 cm³/mol. The van der Waals surface area contributed by atoms with Crippen molar-refractivity contribution >= 4 is 22.8 Å². The van der Waals surface area contributed by atoms with Crippen molar-refractivity contribution in [2.75, 3.05) is 13.2 Å². The quantitative estimate of drug-likeness (QED) is 0.760. The molecule has 0 N–H and O–H groups in total. The summed E-state index contributed by atoms with van der Waals surface area (Å²) < 4.78 is 5.03. The van der Waals surface area contributed by atoms with E-state index < -0.39 is 11.3 Å². The van der Waals surface area contributed by atoms with Crippen LogP contribution in [0.15, 0.2) is 30.3 Å². The molecule has 1 amide bonds. The number of hydrogen-bond acceptors (Lipinski definition) is 3. The first-order chi connectivity index (χ1) is 8.18. The van der Waals surface area contributed by atoms with Crippen LogP contribution in [-0.2, 0) is 20.9 Å². The molecule has 0 aliphatic carbocycles. The van der Waals surface area contributed by atoms with Crippen LogP contribution >= 0.6 is 11.6 Å². The van der Waals surface area contributed by atoms with Crippen LogP contribution in [0.25, 0.3) is 0 Å². The second kappa shape index (κ2) is 5.29. The Morgan fingerprint density at radius 3 is 2.76 bits per heavy atom. The molecule has 17 heavy (non-hydrogen) atoms. The van der Waals surface area contributed by atoms with Gasteiger partial charge in [-0.15, -0.1) is 0 Å². The average Bonchev–Trinajstić information content (AvgIpc) is 2.33. The highest BCUT2D eigenvalue weighted by Crippen LogP contribution is 2.15. The first-order valence-electron chi connectivity index (χ1n) is 5.29. The van der Waals surface area contributed by atoms with Gasteiger partial charge in [0.05, 0.1) is 6.61 Å². The minimum atomic E-state index is -0.682. The fourth-order valence-electron chi connectivity index (χ4n) is 1.77. The van der Waals surface area contributed by atoms with Gasteiger partial charge < -0.3 is 9.64 Å². The molecule has 1 unspecified atom stereocenters. The van der Waals surface area contributed by atoms with Gasteiger partial charge in [0, 0.05) is 6.54 Å². The van der Waals surface area contributed by atoms with Crippen LogP contribution < -0.4 is 0 Å². The maximum Gasteiger partial charge on any atom is 0.249 e. The van der Waals surface area contributed by atoms with Crippen molar-refractivity contribution in [2.24, 2.45) is 0 Å². The van der Waals surface area contributed by atoms with Crippen LogP contribution in [0.3, 0.4) is 0 Å². The molecule has 4 nitrogen and oxygen atoms in total. The van der Waals surface area contributed by atoms with Crippen LogP contribution in [0.2, 0.25) is 0 Å². The van der Waals surface area contributed by atoms with E-state index in [-0.39, 0.29) is 19.1 Å². The lowest BCUT2D eigenvalue weighted by Crippen LogP contribution is -2.51. The second-order valence-corrected chi connectivity index (χ2v) is 4.21. The standard InChI is InChI=1S/C12H12ClNO3/c13-12(16)10-7-17-8-11(15)14(10)6-9-4-2-1-3-5-9/h1-5,10H,6-8H2. The molecule has 2 rings (SSSR count). The summed E-state index contributed by atoms with van der Waals surface area (Å²) in [6, 6.07) is 8.79. The van der Waals surface area contributed by atoms with Gasteiger partial charge in [-0.1, -0.05) is 30.3 Å². The third-order valence-electron chi connectivity index (χ3n) is 2.66. The molecule has 1 atom stereocenters. The lowest BCUT2D eigenvalue weighted by Gasteiger charge is -2.33. The van der Waals surface area contributed by atoms with Gasteiger partial charge >= 0.3 is 0 Å². The van der Waals surface area contributed by atoms with Crippen LogP contribution in [0.5, 0.6) is 0 Å². The third-order valence-corrected chi connectivity index (χ3v) is 2.91. The predicted octanol–water partition coefficient (Wildman–Crippen LogP) is 1.18. The lowest BCUT2D eigenvalue weighted by molar-refractivity contribution is -0.152.